The van der Waals surface area contributed by atoms with Crippen molar-refractivity contribution >= 4 is 46.7 Å². The van der Waals surface area contributed by atoms with Crippen LogP contribution < -0.4 is 11.1 Å². The first-order valence-corrected chi connectivity index (χ1v) is 7.58. The average Bonchev–Trinajstić information content (AvgIpc) is 2.38. The molecule has 128 valence electrons. The Bertz CT molecular complexity index is 453. The zero-order valence-electron chi connectivity index (χ0n) is 13.4. The fraction of sp³-hybridized carbons (Fsp3) is 0.533. The van der Waals surface area contributed by atoms with E-state index in [2.05, 4.69) is 40.0 Å². The quantitative estimate of drug-likeness (QED) is 0.752. The second-order valence-corrected chi connectivity index (χ2v) is 6.46. The fourth-order valence-corrected chi connectivity index (χ4v) is 1.98. The van der Waals surface area contributed by atoms with Crippen molar-refractivity contribution in [3.63, 3.8) is 0 Å². The molecular formula is C15H26BrCl2N3O. The van der Waals surface area contributed by atoms with E-state index < -0.39 is 5.54 Å². The van der Waals surface area contributed by atoms with Crippen molar-refractivity contribution in [1.29, 1.82) is 0 Å². The van der Waals surface area contributed by atoms with Crippen LogP contribution in [0.3, 0.4) is 0 Å². The first kappa shape index (κ1) is 23.9. The zero-order chi connectivity index (χ0) is 15.3. The lowest BCUT2D eigenvalue weighted by atomic mass is 9.92. The number of nitrogens with zero attached hydrogens (tertiary/aromatic N) is 1. The van der Waals surface area contributed by atoms with Crippen LogP contribution in [0, 0.1) is 0 Å². The molecule has 0 aliphatic heterocycles. The topological polar surface area (TPSA) is 58.4 Å². The van der Waals surface area contributed by atoms with E-state index in [4.69, 9.17) is 5.73 Å². The number of carbonyl (C=O) groups excluding carboxylic acids is 1. The maximum absolute atomic E-state index is 12.2. The Labute approximate surface area is 154 Å². The predicted molar refractivity (Wildman–Crippen MR) is 101 cm³/mol. The summed E-state index contributed by atoms with van der Waals surface area (Å²) in [5.74, 6) is -0.156. The van der Waals surface area contributed by atoms with Crippen LogP contribution in [-0.4, -0.2) is 37.0 Å². The molecule has 0 bridgehead atoms. The minimum atomic E-state index is -1.02. The summed E-state index contributed by atoms with van der Waals surface area (Å²) in [5, 5.41) is 2.90. The van der Waals surface area contributed by atoms with E-state index in [0.29, 0.717) is 12.6 Å². The maximum atomic E-state index is 12.2. The molecule has 0 radical (unpaired) electrons. The Kier molecular flexibility index (Phi) is 11.4. The molecule has 0 aliphatic rings. The first-order valence-electron chi connectivity index (χ1n) is 6.78. The van der Waals surface area contributed by atoms with Gasteiger partial charge < -0.3 is 16.0 Å². The molecule has 0 spiro atoms. The lowest BCUT2D eigenvalue weighted by molar-refractivity contribution is -0.126. The third-order valence-corrected chi connectivity index (χ3v) is 4.08. The summed E-state index contributed by atoms with van der Waals surface area (Å²) >= 11 is 3.37. The van der Waals surface area contributed by atoms with E-state index >= 15 is 0 Å². The number of halogens is 3. The van der Waals surface area contributed by atoms with Crippen LogP contribution in [0.2, 0.25) is 0 Å². The van der Waals surface area contributed by atoms with Crippen LogP contribution in [0.5, 0.6) is 0 Å². The number of rotatable bonds is 6. The largest absolute Gasteiger partial charge is 0.353 e. The highest BCUT2D eigenvalue weighted by molar-refractivity contribution is 9.10. The summed E-state index contributed by atoms with van der Waals surface area (Å²) in [7, 11) is 2.03. The van der Waals surface area contributed by atoms with Gasteiger partial charge in [-0.2, -0.15) is 0 Å². The van der Waals surface area contributed by atoms with Crippen LogP contribution in [0.25, 0.3) is 0 Å². The minimum absolute atomic E-state index is 0. The van der Waals surface area contributed by atoms with Crippen molar-refractivity contribution in [3.8, 4) is 0 Å². The lowest BCUT2D eigenvalue weighted by Crippen LogP contribution is -2.50. The molecule has 1 rings (SSSR count). The van der Waals surface area contributed by atoms with E-state index in [1.54, 1.807) is 6.92 Å². The van der Waals surface area contributed by atoms with E-state index in [1.165, 1.54) is 0 Å². The number of benzene rings is 1. The molecule has 0 heterocycles. The summed E-state index contributed by atoms with van der Waals surface area (Å²) in [5.41, 5.74) is 5.95. The lowest BCUT2D eigenvalue weighted by Gasteiger charge is -2.26. The van der Waals surface area contributed by atoms with Crippen molar-refractivity contribution < 1.29 is 4.79 Å². The first-order chi connectivity index (χ1) is 9.25. The van der Waals surface area contributed by atoms with Gasteiger partial charge in [-0.1, -0.05) is 28.1 Å². The molecular weight excluding hydrogens is 389 g/mol. The van der Waals surface area contributed by atoms with Gasteiger partial charge in [-0.3, -0.25) is 4.79 Å². The second kappa shape index (κ2) is 10.4. The Balaban J connectivity index is 0. The smallest absolute Gasteiger partial charge is 0.244 e. The van der Waals surface area contributed by atoms with Crippen molar-refractivity contribution in [1.82, 2.24) is 10.2 Å². The van der Waals surface area contributed by atoms with Gasteiger partial charge in [0.25, 0.3) is 0 Å². The number of nitrogens with one attached hydrogen (secondary N) is 1. The number of carbonyl (C=O) groups is 1. The van der Waals surface area contributed by atoms with Gasteiger partial charge in [-0.15, -0.1) is 24.8 Å². The zero-order valence-corrected chi connectivity index (χ0v) is 16.6. The number of nitrogens with two attached hydrogens (primary N) is 1. The number of likely N-dealkylation sites (N-methyl/N-ethyl adjacent to an activating group) is 1. The van der Waals surface area contributed by atoms with E-state index in [0.717, 1.165) is 16.6 Å². The summed E-state index contributed by atoms with van der Waals surface area (Å²) in [6.07, 6.45) is 0. The maximum Gasteiger partial charge on any atom is 0.244 e. The number of hydrogen-bond acceptors (Lipinski definition) is 3. The molecule has 1 amide bonds. The molecule has 0 aliphatic carbocycles. The highest BCUT2D eigenvalue weighted by atomic mass is 79.9. The predicted octanol–water partition coefficient (Wildman–Crippen LogP) is 2.92. The third-order valence-electron chi connectivity index (χ3n) is 3.55. The molecule has 1 unspecified atom stereocenters. The van der Waals surface area contributed by atoms with Crippen LogP contribution in [-0.2, 0) is 10.3 Å². The summed E-state index contributed by atoms with van der Waals surface area (Å²) < 4.78 is 0.969. The molecule has 1 aromatic rings. The Morgan fingerprint density at radius 1 is 1.32 bits per heavy atom. The summed E-state index contributed by atoms with van der Waals surface area (Å²) in [6.45, 7) is 7.38. The summed E-state index contributed by atoms with van der Waals surface area (Å²) in [6, 6.07) is 7.97. The molecule has 3 N–H and O–H groups in total. The molecule has 0 saturated heterocycles. The van der Waals surface area contributed by atoms with Gasteiger partial charge in [0.05, 0.1) is 0 Å². The minimum Gasteiger partial charge on any atom is -0.353 e. The van der Waals surface area contributed by atoms with E-state index in [9.17, 15) is 4.79 Å². The number of hydrogen-bond donors (Lipinski definition) is 2. The molecule has 0 fully saturated rings. The second-order valence-electron chi connectivity index (χ2n) is 5.54. The van der Waals surface area contributed by atoms with Crippen molar-refractivity contribution in [3.05, 3.63) is 34.3 Å². The highest BCUT2D eigenvalue weighted by Gasteiger charge is 2.30. The molecule has 4 nitrogen and oxygen atoms in total. The van der Waals surface area contributed by atoms with Gasteiger partial charge >= 0.3 is 0 Å². The SMILES string of the molecule is CC(C)N(C)CCNC(=O)C(C)(N)c1ccc(Br)cc1.Cl.Cl. The van der Waals surface area contributed by atoms with Crippen molar-refractivity contribution in [2.45, 2.75) is 32.4 Å². The fourth-order valence-electron chi connectivity index (χ4n) is 1.71. The average molecular weight is 415 g/mol. The molecule has 0 saturated carbocycles. The van der Waals surface area contributed by atoms with E-state index in [-0.39, 0.29) is 30.7 Å². The van der Waals surface area contributed by atoms with Crippen molar-refractivity contribution in [2.75, 3.05) is 20.1 Å². The van der Waals surface area contributed by atoms with Crippen LogP contribution in [0.4, 0.5) is 0 Å². The van der Waals surface area contributed by atoms with Gasteiger partial charge in [-0.25, -0.2) is 0 Å². The van der Waals surface area contributed by atoms with Gasteiger partial charge in [0.1, 0.15) is 5.54 Å². The molecule has 22 heavy (non-hydrogen) atoms. The van der Waals surface area contributed by atoms with E-state index in [1.807, 2.05) is 31.3 Å². The van der Waals surface area contributed by atoms with Crippen LogP contribution in [0.15, 0.2) is 28.7 Å². The van der Waals surface area contributed by atoms with Crippen LogP contribution in [0.1, 0.15) is 26.3 Å². The normalized spacial score (nSPS) is 13.1. The highest BCUT2D eigenvalue weighted by Crippen LogP contribution is 2.20. The Hall–Kier alpha value is -0.330. The van der Waals surface area contributed by atoms with Crippen LogP contribution >= 0.6 is 40.7 Å². The number of amides is 1. The van der Waals surface area contributed by atoms with Gasteiger partial charge in [0.2, 0.25) is 5.91 Å². The summed E-state index contributed by atoms with van der Waals surface area (Å²) in [4.78, 5) is 14.4. The molecule has 0 aromatic heterocycles. The van der Waals surface area contributed by atoms with Crippen molar-refractivity contribution in [2.24, 2.45) is 5.73 Å². The molecule has 7 heteroatoms. The van der Waals surface area contributed by atoms with Gasteiger partial charge in [0, 0.05) is 23.6 Å². The Morgan fingerprint density at radius 2 is 1.82 bits per heavy atom. The standard InChI is InChI=1S/C15H24BrN3O.2ClH/c1-11(2)19(4)10-9-18-14(20)15(3,17)12-5-7-13(16)8-6-12;;/h5-8,11H,9-10,17H2,1-4H3,(H,18,20);2*1H. The monoisotopic (exact) mass is 413 g/mol. The molecule has 1 aromatic carbocycles. The van der Waals surface area contributed by atoms with Gasteiger partial charge in [0.15, 0.2) is 0 Å². The van der Waals surface area contributed by atoms with Gasteiger partial charge in [-0.05, 0) is 45.5 Å². The Morgan fingerprint density at radius 3 is 2.27 bits per heavy atom. The molecule has 1 atom stereocenters. The third kappa shape index (κ3) is 6.84.